The largest absolute Gasteiger partial charge is 0.466 e. The van der Waals surface area contributed by atoms with Crippen LogP contribution in [0.5, 0.6) is 0 Å². The van der Waals surface area contributed by atoms with E-state index in [1.54, 1.807) is 12.1 Å². The van der Waals surface area contributed by atoms with E-state index in [9.17, 15) is 4.79 Å². The molecule has 108 valence electrons. The number of ether oxygens (including phenoxy) is 1. The molecular formula is C18H17ClO2. The zero-order valence-corrected chi connectivity index (χ0v) is 12.9. The van der Waals surface area contributed by atoms with Gasteiger partial charge in [-0.3, -0.25) is 0 Å². The van der Waals surface area contributed by atoms with Crippen molar-refractivity contribution in [1.29, 1.82) is 0 Å². The van der Waals surface area contributed by atoms with Crippen LogP contribution in [0, 0.1) is 6.92 Å². The summed E-state index contributed by atoms with van der Waals surface area (Å²) >= 11 is 6.14. The van der Waals surface area contributed by atoms with Gasteiger partial charge in [-0.2, -0.15) is 0 Å². The first kappa shape index (κ1) is 15.3. The highest BCUT2D eigenvalue weighted by atomic mass is 35.5. The maximum absolute atomic E-state index is 12.0. The molecular weight excluding hydrogens is 284 g/mol. The second kappa shape index (κ2) is 7.09. The quantitative estimate of drug-likeness (QED) is 0.616. The lowest BCUT2D eigenvalue weighted by atomic mass is 10.0. The maximum Gasteiger partial charge on any atom is 0.334 e. The monoisotopic (exact) mass is 300 g/mol. The van der Waals surface area contributed by atoms with Gasteiger partial charge in [-0.1, -0.05) is 59.6 Å². The first-order chi connectivity index (χ1) is 10.1. The molecule has 0 aromatic heterocycles. The van der Waals surface area contributed by atoms with Gasteiger partial charge < -0.3 is 4.74 Å². The summed E-state index contributed by atoms with van der Waals surface area (Å²) in [6.45, 7) is 2.03. The van der Waals surface area contributed by atoms with Crippen LogP contribution in [0.15, 0.2) is 54.1 Å². The van der Waals surface area contributed by atoms with Crippen molar-refractivity contribution in [3.05, 3.63) is 75.8 Å². The normalized spacial score (nSPS) is 11.3. The molecule has 2 rings (SSSR count). The van der Waals surface area contributed by atoms with Crippen molar-refractivity contribution < 1.29 is 9.53 Å². The summed E-state index contributed by atoms with van der Waals surface area (Å²) in [5, 5.41) is 0.614. The molecule has 0 saturated carbocycles. The van der Waals surface area contributed by atoms with Gasteiger partial charge in [-0.25, -0.2) is 4.79 Å². The third-order valence-electron chi connectivity index (χ3n) is 3.20. The van der Waals surface area contributed by atoms with Crippen molar-refractivity contribution in [2.45, 2.75) is 13.3 Å². The van der Waals surface area contributed by atoms with Crippen LogP contribution in [-0.4, -0.2) is 13.1 Å². The molecule has 0 aliphatic carbocycles. The van der Waals surface area contributed by atoms with Crippen LogP contribution in [-0.2, 0) is 16.0 Å². The van der Waals surface area contributed by atoms with Crippen molar-refractivity contribution in [2.75, 3.05) is 7.11 Å². The number of carbonyl (C=O) groups is 1. The molecule has 0 amide bonds. The molecule has 2 aromatic carbocycles. The van der Waals surface area contributed by atoms with Crippen LogP contribution < -0.4 is 0 Å². The van der Waals surface area contributed by atoms with E-state index >= 15 is 0 Å². The van der Waals surface area contributed by atoms with E-state index < -0.39 is 0 Å². The van der Waals surface area contributed by atoms with Gasteiger partial charge in [0.1, 0.15) is 0 Å². The van der Waals surface area contributed by atoms with Crippen molar-refractivity contribution in [1.82, 2.24) is 0 Å². The third-order valence-corrected chi connectivity index (χ3v) is 3.54. The highest BCUT2D eigenvalue weighted by Crippen LogP contribution is 2.20. The molecule has 0 heterocycles. The number of hydrogen-bond acceptors (Lipinski definition) is 2. The minimum Gasteiger partial charge on any atom is -0.466 e. The smallest absolute Gasteiger partial charge is 0.334 e. The van der Waals surface area contributed by atoms with E-state index in [2.05, 4.69) is 0 Å². The van der Waals surface area contributed by atoms with Crippen LogP contribution in [0.2, 0.25) is 5.02 Å². The zero-order chi connectivity index (χ0) is 15.2. The fourth-order valence-electron chi connectivity index (χ4n) is 2.02. The molecule has 0 aliphatic rings. The van der Waals surface area contributed by atoms with E-state index in [1.165, 1.54) is 12.7 Å². The first-order valence-corrected chi connectivity index (χ1v) is 7.07. The number of aryl methyl sites for hydroxylation is 1. The predicted molar refractivity (Wildman–Crippen MR) is 86.3 cm³/mol. The molecule has 0 radical (unpaired) electrons. The zero-order valence-electron chi connectivity index (χ0n) is 12.1. The highest BCUT2D eigenvalue weighted by Gasteiger charge is 2.11. The van der Waals surface area contributed by atoms with Crippen LogP contribution in [0.25, 0.3) is 6.08 Å². The van der Waals surface area contributed by atoms with Crippen molar-refractivity contribution >= 4 is 23.6 Å². The molecule has 2 nitrogen and oxygen atoms in total. The van der Waals surface area contributed by atoms with E-state index in [0.29, 0.717) is 17.0 Å². The fourth-order valence-corrected chi connectivity index (χ4v) is 2.21. The number of carbonyl (C=O) groups excluding carboxylic acids is 1. The molecule has 0 aliphatic heterocycles. The Hall–Kier alpha value is -2.06. The second-order valence-electron chi connectivity index (χ2n) is 4.85. The summed E-state index contributed by atoms with van der Waals surface area (Å²) in [6, 6.07) is 15.5. The van der Waals surface area contributed by atoms with Crippen molar-refractivity contribution in [2.24, 2.45) is 0 Å². The Morgan fingerprint density at radius 3 is 2.43 bits per heavy atom. The van der Waals surface area contributed by atoms with Gasteiger partial charge in [0.2, 0.25) is 0 Å². The van der Waals surface area contributed by atoms with E-state index in [-0.39, 0.29) is 5.97 Å². The van der Waals surface area contributed by atoms with Crippen LogP contribution in [0.3, 0.4) is 0 Å². The Bertz CT molecular complexity index is 657. The summed E-state index contributed by atoms with van der Waals surface area (Å²) in [6.07, 6.45) is 2.30. The number of esters is 1. The van der Waals surface area contributed by atoms with Gasteiger partial charge >= 0.3 is 5.97 Å². The standard InChI is InChI=1S/C18H17ClO2/c1-13-7-9-14(10-8-13)11-16(18(20)21-2)12-15-5-3-4-6-17(15)19/h3-10,12H,11H2,1-2H3/b16-12+. The van der Waals surface area contributed by atoms with Gasteiger partial charge in [0.25, 0.3) is 0 Å². The lowest BCUT2D eigenvalue weighted by molar-refractivity contribution is -0.136. The Morgan fingerprint density at radius 1 is 1.14 bits per heavy atom. The third kappa shape index (κ3) is 4.20. The molecule has 3 heteroatoms. The number of benzene rings is 2. The van der Waals surface area contributed by atoms with Gasteiger partial charge in [-0.05, 0) is 30.2 Å². The second-order valence-corrected chi connectivity index (χ2v) is 5.25. The molecule has 0 N–H and O–H groups in total. The summed E-state index contributed by atoms with van der Waals surface area (Å²) in [4.78, 5) is 12.0. The van der Waals surface area contributed by atoms with Crippen molar-refractivity contribution in [3.8, 4) is 0 Å². The number of hydrogen-bond donors (Lipinski definition) is 0. The number of rotatable bonds is 4. The van der Waals surface area contributed by atoms with Crippen LogP contribution in [0.1, 0.15) is 16.7 Å². The maximum atomic E-state index is 12.0. The first-order valence-electron chi connectivity index (χ1n) is 6.69. The Kier molecular flexibility index (Phi) is 5.18. The molecule has 0 saturated heterocycles. The lowest BCUT2D eigenvalue weighted by Crippen LogP contribution is -2.07. The van der Waals surface area contributed by atoms with Gasteiger partial charge in [-0.15, -0.1) is 0 Å². The van der Waals surface area contributed by atoms with Crippen LogP contribution in [0.4, 0.5) is 0 Å². The molecule has 0 unspecified atom stereocenters. The molecule has 2 aromatic rings. The fraction of sp³-hybridized carbons (Fsp3) is 0.167. The van der Waals surface area contributed by atoms with Crippen LogP contribution >= 0.6 is 11.6 Å². The lowest BCUT2D eigenvalue weighted by Gasteiger charge is -2.07. The Balaban J connectivity index is 2.33. The highest BCUT2D eigenvalue weighted by molar-refractivity contribution is 6.32. The molecule has 0 atom stereocenters. The minimum atomic E-state index is -0.338. The van der Waals surface area contributed by atoms with Gasteiger partial charge in [0.05, 0.1) is 7.11 Å². The summed E-state index contributed by atoms with van der Waals surface area (Å²) in [5.74, 6) is -0.338. The van der Waals surface area contributed by atoms with Gasteiger partial charge in [0.15, 0.2) is 0 Å². The van der Waals surface area contributed by atoms with E-state index in [4.69, 9.17) is 16.3 Å². The molecule has 0 spiro atoms. The molecule has 21 heavy (non-hydrogen) atoms. The summed E-state index contributed by atoms with van der Waals surface area (Å²) in [5.41, 5.74) is 3.64. The minimum absolute atomic E-state index is 0.338. The van der Waals surface area contributed by atoms with Gasteiger partial charge in [0, 0.05) is 17.0 Å². The topological polar surface area (TPSA) is 26.3 Å². The SMILES string of the molecule is COC(=O)/C(=C/c1ccccc1Cl)Cc1ccc(C)cc1. The summed E-state index contributed by atoms with van der Waals surface area (Å²) < 4.78 is 4.87. The number of methoxy groups -OCH3 is 1. The van der Waals surface area contributed by atoms with E-state index in [0.717, 1.165) is 11.1 Å². The molecule has 0 fully saturated rings. The average Bonchev–Trinajstić information content (AvgIpc) is 2.50. The predicted octanol–water partition coefficient (Wildman–Crippen LogP) is 4.45. The Morgan fingerprint density at radius 2 is 1.81 bits per heavy atom. The average molecular weight is 301 g/mol. The molecule has 0 bridgehead atoms. The van der Waals surface area contributed by atoms with Crippen molar-refractivity contribution in [3.63, 3.8) is 0 Å². The summed E-state index contributed by atoms with van der Waals surface area (Å²) in [7, 11) is 1.39. The Labute approximate surface area is 130 Å². The van der Waals surface area contributed by atoms with E-state index in [1.807, 2.05) is 49.4 Å². The number of halogens is 1.